The molecule has 0 radical (unpaired) electrons. The predicted octanol–water partition coefficient (Wildman–Crippen LogP) is 4.59. The number of nitrogens with one attached hydrogen (secondary N) is 1. The van der Waals surface area contributed by atoms with E-state index >= 15 is 0 Å². The monoisotopic (exact) mass is 345 g/mol. The van der Waals surface area contributed by atoms with Crippen LogP contribution in [0.1, 0.15) is 55.5 Å². The van der Waals surface area contributed by atoms with Gasteiger partial charge in [-0.05, 0) is 54.3 Å². The maximum atomic E-state index is 12.4. The van der Waals surface area contributed by atoms with Crippen molar-refractivity contribution in [3.8, 4) is 0 Å². The number of benzene rings is 2. The fourth-order valence-corrected chi connectivity index (χ4v) is 3.40. The normalized spacial score (nSPS) is 11.5. The Balaban J connectivity index is 2.15. The van der Waals surface area contributed by atoms with E-state index in [0.29, 0.717) is 23.6 Å². The van der Waals surface area contributed by atoms with Crippen LogP contribution in [0.4, 0.5) is 5.69 Å². The molecule has 0 aliphatic heterocycles. The van der Waals surface area contributed by atoms with E-state index < -0.39 is 10.0 Å². The van der Waals surface area contributed by atoms with Crippen LogP contribution in [0.2, 0.25) is 0 Å². The van der Waals surface area contributed by atoms with E-state index in [1.54, 1.807) is 36.4 Å². The number of Topliss-reactive ketones (excluding diaryl/α,β-unsaturated/α-hetero) is 1. The van der Waals surface area contributed by atoms with Crippen LogP contribution in [0.5, 0.6) is 0 Å². The molecule has 0 saturated carbocycles. The van der Waals surface area contributed by atoms with E-state index in [1.807, 2.05) is 19.1 Å². The Morgan fingerprint density at radius 2 is 1.58 bits per heavy atom. The van der Waals surface area contributed by atoms with Crippen LogP contribution in [0.25, 0.3) is 0 Å². The number of carbonyl (C=O) groups is 1. The summed E-state index contributed by atoms with van der Waals surface area (Å²) in [4.78, 5) is 12.0. The van der Waals surface area contributed by atoms with Crippen molar-refractivity contribution in [1.82, 2.24) is 0 Å². The highest BCUT2D eigenvalue weighted by Gasteiger charge is 2.15. The fourth-order valence-electron chi connectivity index (χ4n) is 2.34. The van der Waals surface area contributed by atoms with Crippen molar-refractivity contribution in [2.75, 3.05) is 4.72 Å². The van der Waals surface area contributed by atoms with Crippen LogP contribution in [0.15, 0.2) is 53.4 Å². The van der Waals surface area contributed by atoms with Gasteiger partial charge in [0.2, 0.25) is 0 Å². The van der Waals surface area contributed by atoms with Gasteiger partial charge in [0.15, 0.2) is 5.78 Å². The first kappa shape index (κ1) is 18.2. The highest BCUT2D eigenvalue weighted by molar-refractivity contribution is 7.92. The molecule has 0 bridgehead atoms. The molecule has 0 spiro atoms. The maximum absolute atomic E-state index is 12.4. The number of hydrogen-bond donors (Lipinski definition) is 1. The van der Waals surface area contributed by atoms with Gasteiger partial charge in [0.25, 0.3) is 10.0 Å². The summed E-state index contributed by atoms with van der Waals surface area (Å²) in [6.45, 7) is 6.07. The first-order chi connectivity index (χ1) is 11.3. The summed E-state index contributed by atoms with van der Waals surface area (Å²) in [5.74, 6) is 0.416. The van der Waals surface area contributed by atoms with Gasteiger partial charge in [0.05, 0.1) is 4.90 Å². The van der Waals surface area contributed by atoms with Gasteiger partial charge in [0.1, 0.15) is 0 Å². The molecule has 0 atom stereocenters. The summed E-state index contributed by atoms with van der Waals surface area (Å²) in [6, 6.07) is 13.4. The lowest BCUT2D eigenvalue weighted by atomic mass is 10.0. The Morgan fingerprint density at radius 3 is 2.08 bits per heavy atom. The molecule has 0 aromatic heterocycles. The third-order valence-electron chi connectivity index (χ3n) is 3.79. The zero-order chi connectivity index (χ0) is 17.7. The molecule has 2 aromatic rings. The minimum atomic E-state index is -3.63. The van der Waals surface area contributed by atoms with Crippen molar-refractivity contribution >= 4 is 21.5 Å². The molecule has 0 aliphatic carbocycles. The van der Waals surface area contributed by atoms with Crippen molar-refractivity contribution in [3.05, 3.63) is 59.7 Å². The molecule has 0 aliphatic rings. The second kappa shape index (κ2) is 7.62. The van der Waals surface area contributed by atoms with Crippen LogP contribution >= 0.6 is 0 Å². The van der Waals surface area contributed by atoms with Crippen molar-refractivity contribution in [3.63, 3.8) is 0 Å². The third-order valence-corrected chi connectivity index (χ3v) is 5.19. The smallest absolute Gasteiger partial charge is 0.261 e. The summed E-state index contributed by atoms with van der Waals surface area (Å²) >= 11 is 0. The van der Waals surface area contributed by atoms with Crippen molar-refractivity contribution in [2.45, 2.75) is 44.4 Å². The minimum absolute atomic E-state index is 0.0659. The first-order valence-corrected chi connectivity index (χ1v) is 9.58. The molecule has 2 aromatic carbocycles. The lowest BCUT2D eigenvalue weighted by Crippen LogP contribution is -2.13. The number of sulfonamides is 1. The molecule has 2 rings (SSSR count). The van der Waals surface area contributed by atoms with E-state index in [-0.39, 0.29) is 10.7 Å². The van der Waals surface area contributed by atoms with E-state index in [4.69, 9.17) is 0 Å². The second-order valence-electron chi connectivity index (χ2n) is 6.08. The topological polar surface area (TPSA) is 63.2 Å². The Hall–Kier alpha value is -2.14. The molecule has 1 N–H and O–H groups in total. The Bertz CT molecular complexity index is 792. The maximum Gasteiger partial charge on any atom is 0.261 e. The first-order valence-electron chi connectivity index (χ1n) is 8.09. The lowest BCUT2D eigenvalue weighted by molar-refractivity contribution is 0.0982. The summed E-state index contributed by atoms with van der Waals surface area (Å²) in [7, 11) is -3.63. The number of anilines is 1. The molecule has 0 unspecified atom stereocenters. The van der Waals surface area contributed by atoms with Crippen LogP contribution in [-0.4, -0.2) is 14.2 Å². The number of ketones is 1. The van der Waals surface area contributed by atoms with E-state index in [1.165, 1.54) is 0 Å². The van der Waals surface area contributed by atoms with E-state index in [9.17, 15) is 13.2 Å². The average molecular weight is 345 g/mol. The second-order valence-corrected chi connectivity index (χ2v) is 7.76. The van der Waals surface area contributed by atoms with Crippen LogP contribution in [-0.2, 0) is 10.0 Å². The molecular formula is C19H23NO3S. The summed E-state index contributed by atoms with van der Waals surface area (Å²) in [5, 5.41) is 0. The van der Waals surface area contributed by atoms with E-state index in [2.05, 4.69) is 18.6 Å². The van der Waals surface area contributed by atoms with Crippen molar-refractivity contribution < 1.29 is 13.2 Å². The Kier molecular flexibility index (Phi) is 5.78. The third kappa shape index (κ3) is 4.45. The summed E-state index contributed by atoms with van der Waals surface area (Å²) in [5.41, 5.74) is 2.13. The highest BCUT2D eigenvalue weighted by Crippen LogP contribution is 2.20. The highest BCUT2D eigenvalue weighted by atomic mass is 32.2. The van der Waals surface area contributed by atoms with Crippen molar-refractivity contribution in [2.24, 2.45) is 0 Å². The largest absolute Gasteiger partial charge is 0.294 e. The summed E-state index contributed by atoms with van der Waals surface area (Å²) < 4.78 is 27.4. The molecular weight excluding hydrogens is 322 g/mol. The van der Waals surface area contributed by atoms with Crippen LogP contribution < -0.4 is 4.72 Å². The molecule has 24 heavy (non-hydrogen) atoms. The fraction of sp³-hybridized carbons (Fsp3) is 0.316. The van der Waals surface area contributed by atoms with Gasteiger partial charge in [-0.3, -0.25) is 9.52 Å². The van der Waals surface area contributed by atoms with Crippen LogP contribution in [0.3, 0.4) is 0 Å². The molecule has 0 heterocycles. The Labute approximate surface area is 144 Å². The van der Waals surface area contributed by atoms with Crippen LogP contribution in [0, 0.1) is 0 Å². The zero-order valence-corrected chi connectivity index (χ0v) is 15.1. The van der Waals surface area contributed by atoms with Gasteiger partial charge < -0.3 is 0 Å². The summed E-state index contributed by atoms with van der Waals surface area (Å²) in [6.07, 6.45) is 1.28. The van der Waals surface area contributed by atoms with E-state index in [0.717, 1.165) is 12.0 Å². The number of hydrogen-bond acceptors (Lipinski definition) is 3. The van der Waals surface area contributed by atoms with Crippen molar-refractivity contribution in [1.29, 1.82) is 0 Å². The molecule has 5 heteroatoms. The van der Waals surface area contributed by atoms with Gasteiger partial charge in [-0.25, -0.2) is 8.42 Å². The Morgan fingerprint density at radius 1 is 1.00 bits per heavy atom. The minimum Gasteiger partial charge on any atom is -0.294 e. The molecule has 4 nitrogen and oxygen atoms in total. The molecule has 0 fully saturated rings. The van der Waals surface area contributed by atoms with Gasteiger partial charge >= 0.3 is 0 Å². The van der Waals surface area contributed by atoms with Gasteiger partial charge in [-0.2, -0.15) is 0 Å². The number of carbonyl (C=O) groups excluding carboxylic acids is 1. The standard InChI is InChI=1S/C19H23NO3S/c1-4-5-19(21)16-6-10-17(11-7-16)20-24(22,23)18-12-8-15(9-13-18)14(2)3/h6-14,20H,4-5H2,1-3H3. The average Bonchev–Trinajstić information content (AvgIpc) is 2.55. The lowest BCUT2D eigenvalue weighted by Gasteiger charge is -2.10. The van der Waals surface area contributed by atoms with Gasteiger partial charge in [-0.15, -0.1) is 0 Å². The molecule has 0 saturated heterocycles. The zero-order valence-electron chi connectivity index (χ0n) is 14.2. The predicted molar refractivity (Wildman–Crippen MR) is 97.0 cm³/mol. The van der Waals surface area contributed by atoms with Gasteiger partial charge in [0, 0.05) is 17.7 Å². The SMILES string of the molecule is CCCC(=O)c1ccc(NS(=O)(=O)c2ccc(C(C)C)cc2)cc1. The molecule has 128 valence electrons. The number of rotatable bonds is 7. The quantitative estimate of drug-likeness (QED) is 0.746. The molecule has 0 amide bonds. The van der Waals surface area contributed by atoms with Gasteiger partial charge in [-0.1, -0.05) is 32.9 Å².